The monoisotopic (exact) mass is 236 g/mol. The zero-order valence-corrected chi connectivity index (χ0v) is 11.2. The van der Waals surface area contributed by atoms with Crippen molar-refractivity contribution < 1.29 is 0 Å². The van der Waals surface area contributed by atoms with Crippen LogP contribution in [0.3, 0.4) is 0 Å². The number of nitrogens with one attached hydrogen (secondary N) is 1. The molecule has 0 bridgehead atoms. The Morgan fingerprint density at radius 1 is 1.53 bits per heavy atom. The Morgan fingerprint density at radius 2 is 2.35 bits per heavy atom. The highest BCUT2D eigenvalue weighted by Crippen LogP contribution is 2.24. The van der Waals surface area contributed by atoms with Gasteiger partial charge in [-0.2, -0.15) is 0 Å². The third-order valence-electron chi connectivity index (χ3n) is 3.71. The molecule has 0 aromatic carbocycles. The first-order valence-corrected chi connectivity index (χ1v) is 6.71. The van der Waals surface area contributed by atoms with Crippen LogP contribution in [0.15, 0.2) is 12.4 Å². The van der Waals surface area contributed by atoms with E-state index in [1.54, 1.807) is 0 Å². The van der Waals surface area contributed by atoms with Crippen LogP contribution < -0.4 is 10.2 Å². The Kier molecular flexibility index (Phi) is 4.05. The van der Waals surface area contributed by atoms with Gasteiger partial charge in [-0.25, -0.2) is 4.98 Å². The maximum atomic E-state index is 4.49. The molecule has 1 aliphatic heterocycles. The minimum absolute atomic E-state index is 0.525. The Bertz CT molecular complexity index is 347. The molecule has 0 saturated carbocycles. The highest BCUT2D eigenvalue weighted by atomic mass is 15.3. The van der Waals surface area contributed by atoms with Crippen molar-refractivity contribution in [3.05, 3.63) is 12.4 Å². The quantitative estimate of drug-likeness (QED) is 0.865. The van der Waals surface area contributed by atoms with Crippen molar-refractivity contribution in [3.63, 3.8) is 0 Å². The molecule has 1 aromatic rings. The van der Waals surface area contributed by atoms with Crippen LogP contribution in [0.5, 0.6) is 0 Å². The Balaban J connectivity index is 2.15. The summed E-state index contributed by atoms with van der Waals surface area (Å²) < 4.78 is 2.12. The molecule has 0 aliphatic carbocycles. The summed E-state index contributed by atoms with van der Waals surface area (Å²) in [5, 5.41) is 3.55. The fourth-order valence-electron chi connectivity index (χ4n) is 2.82. The second kappa shape index (κ2) is 5.54. The summed E-state index contributed by atoms with van der Waals surface area (Å²) in [6, 6.07) is 1.10. The fourth-order valence-corrected chi connectivity index (χ4v) is 2.82. The van der Waals surface area contributed by atoms with Gasteiger partial charge in [-0.15, -0.1) is 0 Å². The predicted molar refractivity (Wildman–Crippen MR) is 71.3 cm³/mol. The first-order chi connectivity index (χ1) is 8.24. The van der Waals surface area contributed by atoms with Crippen LogP contribution >= 0.6 is 0 Å². The molecule has 0 amide bonds. The SMILES string of the molecule is CCNC(C)C1CCCCN1c1nccn1C. The van der Waals surface area contributed by atoms with Gasteiger partial charge in [-0.05, 0) is 32.7 Å². The largest absolute Gasteiger partial charge is 0.338 e. The Hall–Kier alpha value is -1.03. The van der Waals surface area contributed by atoms with Gasteiger partial charge in [0.05, 0.1) is 0 Å². The standard InChI is InChI=1S/C13H24N4/c1-4-14-11(2)12-7-5-6-9-17(12)13-15-8-10-16(13)3/h8,10-12,14H,4-7,9H2,1-3H3. The van der Waals surface area contributed by atoms with Gasteiger partial charge in [0.15, 0.2) is 0 Å². The number of aryl methyl sites for hydroxylation is 1. The molecule has 2 heterocycles. The van der Waals surface area contributed by atoms with Crippen LogP contribution in [0.4, 0.5) is 5.95 Å². The molecule has 0 spiro atoms. The lowest BCUT2D eigenvalue weighted by Gasteiger charge is -2.40. The second-order valence-electron chi connectivity index (χ2n) is 4.94. The van der Waals surface area contributed by atoms with Gasteiger partial charge in [0.2, 0.25) is 5.95 Å². The smallest absolute Gasteiger partial charge is 0.205 e. The van der Waals surface area contributed by atoms with Crippen LogP contribution in [0.1, 0.15) is 33.1 Å². The number of rotatable bonds is 4. The van der Waals surface area contributed by atoms with Gasteiger partial charge < -0.3 is 14.8 Å². The maximum absolute atomic E-state index is 4.49. The summed E-state index contributed by atoms with van der Waals surface area (Å²) in [4.78, 5) is 6.96. The molecular formula is C13H24N4. The zero-order valence-electron chi connectivity index (χ0n) is 11.2. The van der Waals surface area contributed by atoms with Gasteiger partial charge in [0, 0.05) is 38.1 Å². The van der Waals surface area contributed by atoms with Crippen molar-refractivity contribution in [3.8, 4) is 0 Å². The highest BCUT2D eigenvalue weighted by molar-refractivity contribution is 5.34. The van der Waals surface area contributed by atoms with E-state index >= 15 is 0 Å². The summed E-state index contributed by atoms with van der Waals surface area (Å²) in [6.07, 6.45) is 7.79. The third-order valence-corrected chi connectivity index (χ3v) is 3.71. The van der Waals surface area contributed by atoms with E-state index in [-0.39, 0.29) is 0 Å². The highest BCUT2D eigenvalue weighted by Gasteiger charge is 2.28. The Morgan fingerprint density at radius 3 is 3.00 bits per heavy atom. The van der Waals surface area contributed by atoms with Gasteiger partial charge in [-0.3, -0.25) is 0 Å². The van der Waals surface area contributed by atoms with Gasteiger partial charge in [-0.1, -0.05) is 6.92 Å². The molecule has 2 unspecified atom stereocenters. The van der Waals surface area contributed by atoms with E-state index in [0.717, 1.165) is 19.0 Å². The molecule has 2 rings (SSSR count). The van der Waals surface area contributed by atoms with Crippen LogP contribution in [0, 0.1) is 0 Å². The summed E-state index contributed by atoms with van der Waals surface area (Å²) in [5.41, 5.74) is 0. The minimum Gasteiger partial charge on any atom is -0.338 e. The molecule has 17 heavy (non-hydrogen) atoms. The lowest BCUT2D eigenvalue weighted by Crippen LogP contribution is -2.52. The molecule has 4 heteroatoms. The number of hydrogen-bond acceptors (Lipinski definition) is 3. The lowest BCUT2D eigenvalue weighted by atomic mass is 9.97. The molecule has 1 aliphatic rings. The molecule has 4 nitrogen and oxygen atoms in total. The van der Waals surface area contributed by atoms with Crippen LogP contribution in [-0.4, -0.2) is 34.7 Å². The number of piperidine rings is 1. The van der Waals surface area contributed by atoms with Crippen molar-refractivity contribution in [1.82, 2.24) is 14.9 Å². The predicted octanol–water partition coefficient (Wildman–Crippen LogP) is 1.78. The number of nitrogens with zero attached hydrogens (tertiary/aromatic N) is 3. The number of likely N-dealkylation sites (N-methyl/N-ethyl adjacent to an activating group) is 1. The maximum Gasteiger partial charge on any atom is 0.205 e. The van der Waals surface area contributed by atoms with Crippen LogP contribution in [0.25, 0.3) is 0 Å². The number of aromatic nitrogens is 2. The summed E-state index contributed by atoms with van der Waals surface area (Å²) in [5.74, 6) is 1.11. The van der Waals surface area contributed by atoms with E-state index in [4.69, 9.17) is 0 Å². The fraction of sp³-hybridized carbons (Fsp3) is 0.769. The topological polar surface area (TPSA) is 33.1 Å². The van der Waals surface area contributed by atoms with E-state index in [1.165, 1.54) is 19.3 Å². The second-order valence-corrected chi connectivity index (χ2v) is 4.94. The Labute approximate surface area is 104 Å². The van der Waals surface area contributed by atoms with Crippen molar-refractivity contribution in [1.29, 1.82) is 0 Å². The normalized spacial score (nSPS) is 22.8. The first-order valence-electron chi connectivity index (χ1n) is 6.71. The van der Waals surface area contributed by atoms with E-state index in [9.17, 15) is 0 Å². The lowest BCUT2D eigenvalue weighted by molar-refractivity contribution is 0.366. The molecule has 2 atom stereocenters. The van der Waals surface area contributed by atoms with E-state index in [1.807, 2.05) is 12.4 Å². The summed E-state index contributed by atoms with van der Waals surface area (Å²) in [7, 11) is 2.08. The van der Waals surface area contributed by atoms with Crippen molar-refractivity contribution in [2.45, 2.75) is 45.2 Å². The molecule has 1 aromatic heterocycles. The van der Waals surface area contributed by atoms with E-state index < -0.39 is 0 Å². The van der Waals surface area contributed by atoms with Gasteiger partial charge in [0.25, 0.3) is 0 Å². The zero-order chi connectivity index (χ0) is 12.3. The average Bonchev–Trinajstić information content (AvgIpc) is 2.76. The van der Waals surface area contributed by atoms with E-state index in [2.05, 4.69) is 40.7 Å². The summed E-state index contributed by atoms with van der Waals surface area (Å²) in [6.45, 7) is 6.62. The van der Waals surface area contributed by atoms with Crippen LogP contribution in [0.2, 0.25) is 0 Å². The van der Waals surface area contributed by atoms with Crippen molar-refractivity contribution in [2.24, 2.45) is 7.05 Å². The number of imidazole rings is 1. The molecule has 0 radical (unpaired) electrons. The summed E-state index contributed by atoms with van der Waals surface area (Å²) >= 11 is 0. The molecule has 1 fully saturated rings. The average molecular weight is 236 g/mol. The van der Waals surface area contributed by atoms with Gasteiger partial charge >= 0.3 is 0 Å². The third kappa shape index (κ3) is 2.63. The molecule has 1 N–H and O–H groups in total. The van der Waals surface area contributed by atoms with E-state index in [0.29, 0.717) is 12.1 Å². The number of hydrogen-bond donors (Lipinski definition) is 1. The molecular weight excluding hydrogens is 212 g/mol. The molecule has 1 saturated heterocycles. The molecule has 96 valence electrons. The minimum atomic E-state index is 0.525. The van der Waals surface area contributed by atoms with Gasteiger partial charge in [0.1, 0.15) is 0 Å². The first kappa shape index (κ1) is 12.4. The van der Waals surface area contributed by atoms with Crippen LogP contribution in [-0.2, 0) is 7.05 Å². The van der Waals surface area contributed by atoms with Crippen molar-refractivity contribution in [2.75, 3.05) is 18.0 Å². The van der Waals surface area contributed by atoms with Crippen molar-refractivity contribution >= 4 is 5.95 Å². The number of anilines is 1.